The fourth-order valence-corrected chi connectivity index (χ4v) is 3.90. The molecule has 2 aliphatic rings. The third kappa shape index (κ3) is 3.28. The molecular formula is C21H21NO5. The van der Waals surface area contributed by atoms with Crippen LogP contribution in [0.3, 0.4) is 0 Å². The molecule has 1 amide bonds. The van der Waals surface area contributed by atoms with Crippen molar-refractivity contribution in [1.29, 1.82) is 0 Å². The Labute approximate surface area is 157 Å². The molecule has 2 aromatic rings. The van der Waals surface area contributed by atoms with E-state index in [0.717, 1.165) is 0 Å². The van der Waals surface area contributed by atoms with Gasteiger partial charge in [-0.2, -0.15) is 0 Å². The number of benzene rings is 2. The van der Waals surface area contributed by atoms with Crippen LogP contribution >= 0.6 is 0 Å². The van der Waals surface area contributed by atoms with E-state index < -0.39 is 17.7 Å². The van der Waals surface area contributed by atoms with E-state index in [1.54, 1.807) is 6.92 Å². The van der Waals surface area contributed by atoms with Crippen molar-refractivity contribution >= 4 is 12.1 Å². The summed E-state index contributed by atoms with van der Waals surface area (Å²) < 4.78 is 10.9. The lowest BCUT2D eigenvalue weighted by Gasteiger charge is -2.46. The summed E-state index contributed by atoms with van der Waals surface area (Å²) in [5, 5.41) is 8.71. The van der Waals surface area contributed by atoms with Crippen LogP contribution in [0.1, 0.15) is 24.0 Å². The molecule has 0 atom stereocenters. The van der Waals surface area contributed by atoms with Gasteiger partial charge in [-0.15, -0.1) is 0 Å². The highest BCUT2D eigenvalue weighted by atomic mass is 16.6. The van der Waals surface area contributed by atoms with Gasteiger partial charge in [0.2, 0.25) is 0 Å². The molecular weight excluding hydrogens is 346 g/mol. The number of carbonyl (C=O) groups excluding carboxylic acids is 1. The van der Waals surface area contributed by atoms with E-state index in [-0.39, 0.29) is 19.1 Å². The second-order valence-electron chi connectivity index (χ2n) is 7.29. The van der Waals surface area contributed by atoms with Gasteiger partial charge >= 0.3 is 12.1 Å². The molecule has 0 spiro atoms. The van der Waals surface area contributed by atoms with Crippen LogP contribution in [0.2, 0.25) is 0 Å². The van der Waals surface area contributed by atoms with Crippen molar-refractivity contribution in [3.05, 3.63) is 59.7 Å². The number of ether oxygens (including phenoxy) is 2. The van der Waals surface area contributed by atoms with Crippen molar-refractivity contribution in [2.24, 2.45) is 0 Å². The average molecular weight is 367 g/mol. The normalized spacial score (nSPS) is 17.0. The Morgan fingerprint density at radius 2 is 1.63 bits per heavy atom. The van der Waals surface area contributed by atoms with Crippen LogP contribution in [-0.2, 0) is 14.3 Å². The lowest BCUT2D eigenvalue weighted by atomic mass is 9.97. The Morgan fingerprint density at radius 1 is 1.07 bits per heavy atom. The number of hydrogen-bond donors (Lipinski definition) is 1. The van der Waals surface area contributed by atoms with Crippen molar-refractivity contribution in [2.75, 3.05) is 26.3 Å². The van der Waals surface area contributed by atoms with E-state index in [0.29, 0.717) is 13.1 Å². The molecule has 1 fully saturated rings. The molecule has 0 saturated carbocycles. The highest BCUT2D eigenvalue weighted by Gasteiger charge is 2.44. The molecule has 1 aliphatic heterocycles. The second kappa shape index (κ2) is 6.70. The maximum absolute atomic E-state index is 12.4. The topological polar surface area (TPSA) is 76.1 Å². The number of nitrogens with zero attached hydrogens (tertiary/aromatic N) is 1. The molecule has 2 aromatic carbocycles. The molecule has 6 heteroatoms. The van der Waals surface area contributed by atoms with Gasteiger partial charge in [-0.05, 0) is 29.2 Å². The number of rotatable bonds is 5. The third-order valence-electron chi connectivity index (χ3n) is 5.19. The van der Waals surface area contributed by atoms with Crippen molar-refractivity contribution < 1.29 is 24.2 Å². The summed E-state index contributed by atoms with van der Waals surface area (Å²) in [4.78, 5) is 24.5. The van der Waals surface area contributed by atoms with Crippen molar-refractivity contribution in [1.82, 2.24) is 4.90 Å². The summed E-state index contributed by atoms with van der Waals surface area (Å²) in [5.74, 6) is -0.993. The van der Waals surface area contributed by atoms with Crippen molar-refractivity contribution in [3.63, 3.8) is 0 Å². The van der Waals surface area contributed by atoms with Gasteiger partial charge in [-0.1, -0.05) is 48.5 Å². The summed E-state index contributed by atoms with van der Waals surface area (Å²) in [7, 11) is 0. The van der Waals surface area contributed by atoms with E-state index in [1.807, 2.05) is 24.3 Å². The zero-order valence-corrected chi connectivity index (χ0v) is 15.1. The lowest BCUT2D eigenvalue weighted by molar-refractivity contribution is -0.161. The molecule has 0 unspecified atom stereocenters. The van der Waals surface area contributed by atoms with E-state index in [1.165, 1.54) is 27.2 Å². The van der Waals surface area contributed by atoms with Gasteiger partial charge in [0.25, 0.3) is 0 Å². The summed E-state index contributed by atoms with van der Waals surface area (Å²) in [5.41, 5.74) is 4.10. The van der Waals surface area contributed by atoms with Gasteiger partial charge in [0.15, 0.2) is 0 Å². The van der Waals surface area contributed by atoms with E-state index >= 15 is 0 Å². The highest BCUT2D eigenvalue weighted by Crippen LogP contribution is 2.44. The Balaban J connectivity index is 1.39. The van der Waals surface area contributed by atoms with Gasteiger partial charge in [0, 0.05) is 5.92 Å². The number of hydrogen-bond acceptors (Lipinski definition) is 4. The standard InChI is InChI=1S/C21H21NO5/c1-21(27-11-19(23)24)12-22(13-21)20(25)26-10-18-16-8-4-2-6-14(16)15-7-3-5-9-17(15)18/h2-9,18H,10-13H2,1H3,(H,23,24). The second-order valence-corrected chi connectivity index (χ2v) is 7.29. The smallest absolute Gasteiger partial charge is 0.409 e. The number of fused-ring (bicyclic) bond motifs is 3. The van der Waals surface area contributed by atoms with Gasteiger partial charge in [0.05, 0.1) is 13.1 Å². The number of amides is 1. The third-order valence-corrected chi connectivity index (χ3v) is 5.19. The first-order valence-corrected chi connectivity index (χ1v) is 8.92. The maximum Gasteiger partial charge on any atom is 0.409 e. The molecule has 4 rings (SSSR count). The van der Waals surface area contributed by atoms with Crippen LogP contribution in [0.5, 0.6) is 0 Å². The van der Waals surface area contributed by atoms with Gasteiger partial charge < -0.3 is 19.5 Å². The minimum Gasteiger partial charge on any atom is -0.480 e. The summed E-state index contributed by atoms with van der Waals surface area (Å²) >= 11 is 0. The summed E-state index contributed by atoms with van der Waals surface area (Å²) in [6.45, 7) is 2.36. The molecule has 27 heavy (non-hydrogen) atoms. The minimum atomic E-state index is -1.02. The quantitative estimate of drug-likeness (QED) is 0.879. The Hall–Kier alpha value is -2.86. The SMILES string of the molecule is CC1(OCC(=O)O)CN(C(=O)OCC2c3ccccc3-c3ccccc32)C1. The molecule has 0 radical (unpaired) electrons. The molecule has 1 saturated heterocycles. The maximum atomic E-state index is 12.4. The van der Waals surface area contributed by atoms with Crippen LogP contribution < -0.4 is 0 Å². The predicted octanol–water partition coefficient (Wildman–Crippen LogP) is 3.11. The van der Waals surface area contributed by atoms with Crippen LogP contribution in [0.15, 0.2) is 48.5 Å². The van der Waals surface area contributed by atoms with E-state index in [9.17, 15) is 9.59 Å². The van der Waals surface area contributed by atoms with Crippen LogP contribution in [0.4, 0.5) is 4.79 Å². The summed E-state index contributed by atoms with van der Waals surface area (Å²) in [6.07, 6.45) is -0.395. The zero-order valence-electron chi connectivity index (χ0n) is 15.1. The van der Waals surface area contributed by atoms with E-state index in [2.05, 4.69) is 24.3 Å². The predicted molar refractivity (Wildman–Crippen MR) is 98.6 cm³/mol. The first-order chi connectivity index (χ1) is 13.0. The number of carbonyl (C=O) groups is 2. The fourth-order valence-electron chi connectivity index (χ4n) is 3.90. The van der Waals surface area contributed by atoms with E-state index in [4.69, 9.17) is 14.6 Å². The summed E-state index contributed by atoms with van der Waals surface area (Å²) in [6, 6.07) is 16.4. The number of likely N-dealkylation sites (tertiary alicyclic amines) is 1. The van der Waals surface area contributed by atoms with Crippen molar-refractivity contribution in [3.8, 4) is 11.1 Å². The van der Waals surface area contributed by atoms with Crippen LogP contribution in [0, 0.1) is 0 Å². The molecule has 0 aromatic heterocycles. The number of carboxylic acid groups (broad SMARTS) is 1. The molecule has 1 N–H and O–H groups in total. The molecule has 0 bridgehead atoms. The van der Waals surface area contributed by atoms with Gasteiger partial charge in [-0.3, -0.25) is 0 Å². The largest absolute Gasteiger partial charge is 0.480 e. The number of aliphatic carboxylic acids is 1. The monoisotopic (exact) mass is 367 g/mol. The molecule has 1 heterocycles. The molecule has 1 aliphatic carbocycles. The minimum absolute atomic E-state index is 0.0253. The van der Waals surface area contributed by atoms with Crippen molar-refractivity contribution in [2.45, 2.75) is 18.4 Å². The molecule has 140 valence electrons. The molecule has 6 nitrogen and oxygen atoms in total. The Bertz CT molecular complexity index is 842. The van der Waals surface area contributed by atoms with Crippen LogP contribution in [0.25, 0.3) is 11.1 Å². The Kier molecular flexibility index (Phi) is 4.36. The van der Waals surface area contributed by atoms with Gasteiger partial charge in [0.1, 0.15) is 18.8 Å². The fraction of sp³-hybridized carbons (Fsp3) is 0.333. The Morgan fingerprint density at radius 3 is 2.19 bits per heavy atom. The highest BCUT2D eigenvalue weighted by molar-refractivity contribution is 5.79. The first-order valence-electron chi connectivity index (χ1n) is 8.92. The average Bonchev–Trinajstić information content (AvgIpc) is 2.96. The van der Waals surface area contributed by atoms with Gasteiger partial charge in [-0.25, -0.2) is 9.59 Å². The first kappa shape index (κ1) is 17.5. The zero-order chi connectivity index (χ0) is 19.0. The van der Waals surface area contributed by atoms with Crippen LogP contribution in [-0.4, -0.2) is 54.0 Å². The number of carboxylic acids is 1. The lowest BCUT2D eigenvalue weighted by Crippen LogP contribution is -2.63.